The van der Waals surface area contributed by atoms with Crippen LogP contribution in [-0.4, -0.2) is 9.91 Å². The molecule has 0 amide bonds. The fourth-order valence-corrected chi connectivity index (χ4v) is 1.98. The number of hydrogen-bond donors (Lipinski definition) is 0. The van der Waals surface area contributed by atoms with E-state index < -0.39 is 33.5 Å². The topological polar surface area (TPSA) is 56.0 Å². The van der Waals surface area contributed by atoms with E-state index in [9.17, 15) is 18.9 Å². The highest BCUT2D eigenvalue weighted by Gasteiger charge is 2.24. The van der Waals surface area contributed by atoms with Gasteiger partial charge in [-0.2, -0.15) is 0 Å². The van der Waals surface area contributed by atoms with Gasteiger partial charge in [0.15, 0.2) is 5.69 Å². The Hall–Kier alpha value is -1.60. The molecule has 2 rings (SSSR count). The molecule has 2 aromatic rings. The van der Waals surface area contributed by atoms with E-state index in [1.165, 1.54) is 6.07 Å². The highest BCUT2D eigenvalue weighted by atomic mass is 79.9. The van der Waals surface area contributed by atoms with E-state index in [1.54, 1.807) is 0 Å². The van der Waals surface area contributed by atoms with Crippen molar-refractivity contribution in [2.45, 2.75) is 0 Å². The van der Waals surface area contributed by atoms with Crippen molar-refractivity contribution >= 4 is 33.2 Å². The zero-order valence-corrected chi connectivity index (χ0v) is 11.4. The summed E-state index contributed by atoms with van der Waals surface area (Å²) in [6.45, 7) is 0. The number of pyridine rings is 1. The lowest BCUT2D eigenvalue weighted by atomic mass is 10.1. The Morgan fingerprint density at radius 1 is 1.26 bits per heavy atom. The third-order valence-electron chi connectivity index (χ3n) is 2.32. The highest BCUT2D eigenvalue weighted by molar-refractivity contribution is 9.10. The maximum absolute atomic E-state index is 13.9. The van der Waals surface area contributed by atoms with Gasteiger partial charge in [0.25, 0.3) is 5.69 Å². The molecule has 0 saturated carbocycles. The van der Waals surface area contributed by atoms with Crippen LogP contribution in [0, 0.1) is 21.7 Å². The summed E-state index contributed by atoms with van der Waals surface area (Å²) in [4.78, 5) is 13.8. The Morgan fingerprint density at radius 3 is 2.58 bits per heavy atom. The van der Waals surface area contributed by atoms with Crippen molar-refractivity contribution in [3.8, 4) is 11.3 Å². The van der Waals surface area contributed by atoms with Crippen molar-refractivity contribution in [2.24, 2.45) is 0 Å². The molecule has 19 heavy (non-hydrogen) atoms. The molecule has 0 saturated heterocycles. The van der Waals surface area contributed by atoms with E-state index in [0.29, 0.717) is 0 Å². The molecule has 1 aromatic carbocycles. The minimum atomic E-state index is -0.974. The minimum absolute atomic E-state index is 0.0278. The number of halogens is 4. The number of aromatic nitrogens is 1. The molecular formula is C11H4BrClF2N2O2. The summed E-state index contributed by atoms with van der Waals surface area (Å²) in [5, 5.41) is 10.8. The van der Waals surface area contributed by atoms with Crippen LogP contribution >= 0.6 is 27.5 Å². The fourth-order valence-electron chi connectivity index (χ4n) is 1.50. The molecule has 4 nitrogen and oxygen atoms in total. The maximum atomic E-state index is 13.9. The first-order valence-electron chi connectivity index (χ1n) is 4.86. The lowest BCUT2D eigenvalue weighted by Gasteiger charge is -2.07. The van der Waals surface area contributed by atoms with Gasteiger partial charge in [-0.25, -0.2) is 13.8 Å². The van der Waals surface area contributed by atoms with Crippen LogP contribution in [-0.2, 0) is 0 Å². The second kappa shape index (κ2) is 5.18. The van der Waals surface area contributed by atoms with Crippen LogP contribution in [0.4, 0.5) is 14.5 Å². The smallest absolute Gasteiger partial charge is 0.258 e. The average Bonchev–Trinajstić information content (AvgIpc) is 2.34. The van der Waals surface area contributed by atoms with Gasteiger partial charge in [-0.3, -0.25) is 10.1 Å². The molecule has 98 valence electrons. The molecule has 0 aliphatic rings. The molecule has 0 fully saturated rings. The van der Waals surface area contributed by atoms with Crippen molar-refractivity contribution in [3.05, 3.63) is 55.6 Å². The molecule has 1 heterocycles. The Kier molecular flexibility index (Phi) is 3.77. The fraction of sp³-hybridized carbons (Fsp3) is 0. The van der Waals surface area contributed by atoms with Crippen LogP contribution in [0.25, 0.3) is 11.3 Å². The number of nitrogens with zero attached hydrogens (tertiary/aromatic N) is 2. The van der Waals surface area contributed by atoms with Crippen molar-refractivity contribution in [1.29, 1.82) is 0 Å². The third kappa shape index (κ3) is 2.57. The predicted molar refractivity (Wildman–Crippen MR) is 69.0 cm³/mol. The van der Waals surface area contributed by atoms with E-state index >= 15 is 0 Å². The Balaban J connectivity index is 2.82. The largest absolute Gasteiger partial charge is 0.295 e. The Bertz CT molecular complexity index is 682. The Morgan fingerprint density at radius 2 is 1.95 bits per heavy atom. The number of nitro groups is 1. The van der Waals surface area contributed by atoms with Gasteiger partial charge < -0.3 is 0 Å². The van der Waals surface area contributed by atoms with Crippen LogP contribution in [0.2, 0.25) is 5.15 Å². The van der Waals surface area contributed by atoms with Crippen LogP contribution in [0.15, 0.2) is 28.7 Å². The highest BCUT2D eigenvalue weighted by Crippen LogP contribution is 2.35. The van der Waals surface area contributed by atoms with E-state index in [0.717, 1.165) is 18.2 Å². The monoisotopic (exact) mass is 348 g/mol. The summed E-state index contributed by atoms with van der Waals surface area (Å²) in [6.07, 6.45) is 0. The lowest BCUT2D eigenvalue weighted by Crippen LogP contribution is -1.99. The van der Waals surface area contributed by atoms with Crippen molar-refractivity contribution in [2.75, 3.05) is 0 Å². The lowest BCUT2D eigenvalue weighted by molar-refractivity contribution is -0.384. The molecule has 0 atom stereocenters. The van der Waals surface area contributed by atoms with Crippen LogP contribution in [0.1, 0.15) is 0 Å². The van der Waals surface area contributed by atoms with Crippen molar-refractivity contribution in [3.63, 3.8) is 0 Å². The third-order valence-corrected chi connectivity index (χ3v) is 3.14. The first-order chi connectivity index (χ1) is 8.91. The molecule has 0 unspecified atom stereocenters. The first kappa shape index (κ1) is 13.8. The normalized spacial score (nSPS) is 10.5. The van der Waals surface area contributed by atoms with E-state index in [1.807, 2.05) is 0 Å². The molecule has 1 aromatic heterocycles. The van der Waals surface area contributed by atoms with Crippen LogP contribution in [0.5, 0.6) is 0 Å². The summed E-state index contributed by atoms with van der Waals surface area (Å²) in [5.74, 6) is -1.93. The van der Waals surface area contributed by atoms with Crippen molar-refractivity contribution < 1.29 is 13.7 Å². The second-order valence-electron chi connectivity index (χ2n) is 3.48. The van der Waals surface area contributed by atoms with Gasteiger partial charge in [0.2, 0.25) is 0 Å². The van der Waals surface area contributed by atoms with Crippen molar-refractivity contribution in [1.82, 2.24) is 4.98 Å². The van der Waals surface area contributed by atoms with Crippen LogP contribution < -0.4 is 0 Å². The Labute approximate surface area is 119 Å². The minimum Gasteiger partial charge on any atom is -0.258 e. The van der Waals surface area contributed by atoms with E-state index in [2.05, 4.69) is 20.9 Å². The molecule has 0 aliphatic heterocycles. The zero-order valence-electron chi connectivity index (χ0n) is 9.03. The van der Waals surface area contributed by atoms with Gasteiger partial charge in [0.05, 0.1) is 15.0 Å². The predicted octanol–water partition coefficient (Wildman–Crippen LogP) is 4.35. The summed E-state index contributed by atoms with van der Waals surface area (Å²) >= 11 is 8.51. The van der Waals surface area contributed by atoms with Crippen LogP contribution in [0.3, 0.4) is 0 Å². The van der Waals surface area contributed by atoms with Gasteiger partial charge in [0, 0.05) is 6.07 Å². The quantitative estimate of drug-likeness (QED) is 0.350. The molecule has 0 spiro atoms. The summed E-state index contributed by atoms with van der Waals surface area (Å²) in [5.41, 5.74) is -1.57. The van der Waals surface area contributed by atoms with E-state index in [4.69, 9.17) is 11.6 Å². The molecule has 0 aliphatic carbocycles. The molecular weight excluding hydrogens is 345 g/mol. The van der Waals surface area contributed by atoms with Gasteiger partial charge >= 0.3 is 0 Å². The molecule has 0 bridgehead atoms. The number of hydrogen-bond acceptors (Lipinski definition) is 3. The zero-order chi connectivity index (χ0) is 14.2. The number of benzene rings is 1. The van der Waals surface area contributed by atoms with Gasteiger partial charge in [-0.05, 0) is 34.1 Å². The average molecular weight is 350 g/mol. The SMILES string of the molecule is O=[N+]([O-])c1ccc(Cl)nc1-c1c(F)ccc(Br)c1F. The first-order valence-corrected chi connectivity index (χ1v) is 6.03. The number of rotatable bonds is 2. The van der Waals surface area contributed by atoms with Gasteiger partial charge in [-0.1, -0.05) is 11.6 Å². The second-order valence-corrected chi connectivity index (χ2v) is 4.72. The summed E-state index contributed by atoms with van der Waals surface area (Å²) in [7, 11) is 0. The summed E-state index contributed by atoms with van der Waals surface area (Å²) in [6, 6.07) is 4.36. The van der Waals surface area contributed by atoms with Gasteiger partial charge in [0.1, 0.15) is 16.8 Å². The van der Waals surface area contributed by atoms with Gasteiger partial charge in [-0.15, -0.1) is 0 Å². The summed E-state index contributed by atoms with van der Waals surface area (Å²) < 4.78 is 27.6. The van der Waals surface area contributed by atoms with E-state index in [-0.39, 0.29) is 9.63 Å². The molecule has 8 heteroatoms. The standard InChI is InChI=1S/C11H4BrClF2N2O2/c12-5-1-2-6(14)9(10(5)15)11-7(17(18)19)3-4-8(13)16-11/h1-4H. The molecule has 0 radical (unpaired) electrons. The molecule has 0 N–H and O–H groups in total. The maximum Gasteiger partial charge on any atom is 0.295 e.